The van der Waals surface area contributed by atoms with Gasteiger partial charge in [-0.15, -0.1) is 0 Å². The number of halogens is 3. The molecule has 0 saturated carbocycles. The number of benzene rings is 2. The number of carbonyl (C=O) groups excluding carboxylic acids is 2. The molecule has 2 N–H and O–H groups in total. The van der Waals surface area contributed by atoms with Gasteiger partial charge in [0.15, 0.2) is 0 Å². The zero-order valence-electron chi connectivity index (χ0n) is 19.3. The van der Waals surface area contributed by atoms with Crippen LogP contribution in [0.2, 0.25) is 10.0 Å². The fraction of sp³-hybridized carbons (Fsp3) is 0.440. The molecule has 1 saturated heterocycles. The first-order valence-corrected chi connectivity index (χ1v) is 11.7. The average Bonchev–Trinajstić information content (AvgIpc) is 3.17. The van der Waals surface area contributed by atoms with Crippen molar-refractivity contribution in [3.8, 4) is 0 Å². The largest absolute Gasteiger partial charge is 0.347 e. The standard InChI is InChI=1S/C25H28Cl2FN3O2/c1-24(2,3)12-19-25(15-8-7-14(26)11-18(15)29-23(25)33)20(21(30-19)22(32)31(4)5)13-6-9-17(28)16(27)10-13/h6-11,19-21,30H,12H2,1-5H3,(H,29,33). The Morgan fingerprint density at radius 2 is 1.85 bits per heavy atom. The topological polar surface area (TPSA) is 61.4 Å². The van der Waals surface area contributed by atoms with Crippen LogP contribution in [0.1, 0.15) is 44.2 Å². The molecule has 0 aromatic heterocycles. The first-order valence-electron chi connectivity index (χ1n) is 10.9. The lowest BCUT2D eigenvalue weighted by Gasteiger charge is -2.37. The molecule has 4 unspecified atom stereocenters. The zero-order chi connectivity index (χ0) is 24.3. The van der Waals surface area contributed by atoms with Gasteiger partial charge in [-0.05, 0) is 47.2 Å². The third-order valence-electron chi connectivity index (χ3n) is 6.63. The molecule has 176 valence electrons. The second-order valence-corrected chi connectivity index (χ2v) is 11.2. The molecule has 2 aliphatic heterocycles. The molecule has 8 heteroatoms. The van der Waals surface area contributed by atoms with Gasteiger partial charge in [0.05, 0.1) is 11.1 Å². The Labute approximate surface area is 203 Å². The summed E-state index contributed by atoms with van der Waals surface area (Å²) in [6.45, 7) is 6.30. The molecule has 2 heterocycles. The van der Waals surface area contributed by atoms with Crippen molar-refractivity contribution in [2.24, 2.45) is 5.41 Å². The van der Waals surface area contributed by atoms with E-state index >= 15 is 0 Å². The highest BCUT2D eigenvalue weighted by Crippen LogP contribution is 2.56. The van der Waals surface area contributed by atoms with Gasteiger partial charge in [-0.3, -0.25) is 9.59 Å². The maximum absolute atomic E-state index is 14.1. The van der Waals surface area contributed by atoms with Crippen molar-refractivity contribution in [1.29, 1.82) is 0 Å². The summed E-state index contributed by atoms with van der Waals surface area (Å²) < 4.78 is 14.1. The molecule has 1 fully saturated rings. The summed E-state index contributed by atoms with van der Waals surface area (Å²) in [5.74, 6) is -1.53. The Morgan fingerprint density at radius 1 is 1.15 bits per heavy atom. The maximum Gasteiger partial charge on any atom is 0.239 e. The van der Waals surface area contributed by atoms with Crippen LogP contribution in [0.25, 0.3) is 0 Å². The lowest BCUT2D eigenvalue weighted by Crippen LogP contribution is -2.49. The fourth-order valence-electron chi connectivity index (χ4n) is 5.39. The second-order valence-electron chi connectivity index (χ2n) is 10.4. The molecule has 0 bridgehead atoms. The van der Waals surface area contributed by atoms with Crippen LogP contribution in [0, 0.1) is 11.2 Å². The Morgan fingerprint density at radius 3 is 2.45 bits per heavy atom. The van der Waals surface area contributed by atoms with E-state index in [9.17, 15) is 14.0 Å². The summed E-state index contributed by atoms with van der Waals surface area (Å²) in [4.78, 5) is 28.8. The number of rotatable bonds is 3. The number of amides is 2. The van der Waals surface area contributed by atoms with Crippen LogP contribution in [-0.4, -0.2) is 42.9 Å². The summed E-state index contributed by atoms with van der Waals surface area (Å²) in [7, 11) is 3.37. The minimum Gasteiger partial charge on any atom is -0.347 e. The van der Waals surface area contributed by atoms with Gasteiger partial charge in [-0.1, -0.05) is 56.1 Å². The van der Waals surface area contributed by atoms with Gasteiger partial charge >= 0.3 is 0 Å². The summed E-state index contributed by atoms with van der Waals surface area (Å²) in [5.41, 5.74) is 0.789. The van der Waals surface area contributed by atoms with E-state index in [1.165, 1.54) is 17.0 Å². The number of carbonyl (C=O) groups is 2. The van der Waals surface area contributed by atoms with Crippen LogP contribution >= 0.6 is 23.2 Å². The number of fused-ring (bicyclic) bond motifs is 2. The quantitative estimate of drug-likeness (QED) is 0.636. The first-order chi connectivity index (χ1) is 15.4. The molecule has 2 aromatic rings. The Hall–Kier alpha value is -2.15. The van der Waals surface area contributed by atoms with Gasteiger partial charge in [-0.2, -0.15) is 0 Å². The number of nitrogens with zero attached hydrogens (tertiary/aromatic N) is 1. The highest BCUT2D eigenvalue weighted by molar-refractivity contribution is 6.31. The Kier molecular flexibility index (Phi) is 6.00. The van der Waals surface area contributed by atoms with Crippen LogP contribution in [0.3, 0.4) is 0 Å². The van der Waals surface area contributed by atoms with Gasteiger partial charge in [0.25, 0.3) is 0 Å². The first kappa shape index (κ1) is 24.0. The lowest BCUT2D eigenvalue weighted by molar-refractivity contribution is -0.131. The van der Waals surface area contributed by atoms with Crippen LogP contribution < -0.4 is 10.6 Å². The van der Waals surface area contributed by atoms with E-state index in [0.717, 1.165) is 5.56 Å². The van der Waals surface area contributed by atoms with Crippen LogP contribution in [0.4, 0.5) is 10.1 Å². The van der Waals surface area contributed by atoms with E-state index < -0.39 is 23.2 Å². The lowest BCUT2D eigenvalue weighted by atomic mass is 9.62. The van der Waals surface area contributed by atoms with Crippen molar-refractivity contribution in [3.63, 3.8) is 0 Å². The van der Waals surface area contributed by atoms with E-state index in [0.29, 0.717) is 22.7 Å². The number of hydrogen-bond acceptors (Lipinski definition) is 3. The molecule has 5 nitrogen and oxygen atoms in total. The second kappa shape index (κ2) is 8.26. The molecule has 0 radical (unpaired) electrons. The normalized spacial score (nSPS) is 26.4. The molecule has 2 aromatic carbocycles. The Balaban J connectivity index is 2.02. The van der Waals surface area contributed by atoms with Crippen molar-refractivity contribution in [2.45, 2.75) is 50.6 Å². The highest BCUT2D eigenvalue weighted by atomic mass is 35.5. The summed E-state index contributed by atoms with van der Waals surface area (Å²) in [6, 6.07) is 8.71. The maximum atomic E-state index is 14.1. The summed E-state index contributed by atoms with van der Waals surface area (Å²) in [5, 5.41) is 6.97. The summed E-state index contributed by atoms with van der Waals surface area (Å²) in [6.07, 6.45) is 0.630. The molecule has 2 aliphatic rings. The fourth-order valence-corrected chi connectivity index (χ4v) is 5.75. The minimum atomic E-state index is -1.11. The zero-order valence-corrected chi connectivity index (χ0v) is 20.8. The number of anilines is 1. The molecule has 2 amide bonds. The predicted octanol–water partition coefficient (Wildman–Crippen LogP) is 4.97. The van der Waals surface area contributed by atoms with Gasteiger partial charge < -0.3 is 15.5 Å². The van der Waals surface area contributed by atoms with E-state index in [2.05, 4.69) is 31.4 Å². The van der Waals surface area contributed by atoms with Crippen molar-refractivity contribution in [1.82, 2.24) is 10.2 Å². The number of likely N-dealkylation sites (N-methyl/N-ethyl adjacent to an activating group) is 1. The number of nitrogens with one attached hydrogen (secondary N) is 2. The van der Waals surface area contributed by atoms with Gasteiger partial charge in [-0.25, -0.2) is 4.39 Å². The molecule has 33 heavy (non-hydrogen) atoms. The molecule has 4 rings (SSSR count). The van der Waals surface area contributed by atoms with E-state index in [1.807, 2.05) is 6.07 Å². The van der Waals surface area contributed by atoms with Crippen molar-refractivity contribution < 1.29 is 14.0 Å². The van der Waals surface area contributed by atoms with Crippen LogP contribution in [0.15, 0.2) is 36.4 Å². The van der Waals surface area contributed by atoms with Crippen LogP contribution in [-0.2, 0) is 15.0 Å². The molecule has 0 aliphatic carbocycles. The smallest absolute Gasteiger partial charge is 0.239 e. The third-order valence-corrected chi connectivity index (χ3v) is 7.16. The average molecular weight is 492 g/mol. The van der Waals surface area contributed by atoms with E-state index in [4.69, 9.17) is 23.2 Å². The Bertz CT molecular complexity index is 1130. The van der Waals surface area contributed by atoms with Gasteiger partial charge in [0.2, 0.25) is 11.8 Å². The molecule has 1 spiro atoms. The van der Waals surface area contributed by atoms with E-state index in [-0.39, 0.29) is 28.3 Å². The monoisotopic (exact) mass is 491 g/mol. The highest BCUT2D eigenvalue weighted by Gasteiger charge is 2.65. The molecule has 4 atom stereocenters. The SMILES string of the molecule is CN(C)C(=O)C1NC(CC(C)(C)C)C2(C(=O)Nc3cc(Cl)ccc32)C1c1ccc(F)c(Cl)c1. The van der Waals surface area contributed by atoms with Crippen LogP contribution in [0.5, 0.6) is 0 Å². The van der Waals surface area contributed by atoms with Crippen molar-refractivity contribution in [2.75, 3.05) is 19.4 Å². The molecular weight excluding hydrogens is 464 g/mol. The van der Waals surface area contributed by atoms with Gasteiger partial charge in [0.1, 0.15) is 11.2 Å². The predicted molar refractivity (Wildman–Crippen MR) is 129 cm³/mol. The van der Waals surface area contributed by atoms with Gasteiger partial charge in [0, 0.05) is 36.8 Å². The third kappa shape index (κ3) is 3.92. The minimum absolute atomic E-state index is 0.0484. The number of hydrogen-bond donors (Lipinski definition) is 2. The summed E-state index contributed by atoms with van der Waals surface area (Å²) >= 11 is 12.4. The molecular formula is C25H28Cl2FN3O2. The van der Waals surface area contributed by atoms with Crippen molar-refractivity contribution >= 4 is 40.7 Å². The van der Waals surface area contributed by atoms with Crippen molar-refractivity contribution in [3.05, 3.63) is 63.4 Å². The van der Waals surface area contributed by atoms with E-state index in [1.54, 1.807) is 32.3 Å².